The summed E-state index contributed by atoms with van der Waals surface area (Å²) in [5.74, 6) is 1.12. The van der Waals surface area contributed by atoms with Gasteiger partial charge in [0, 0.05) is 25.1 Å². The molecule has 10 heteroatoms. The molecule has 1 amide bonds. The number of hydrogen-bond acceptors (Lipinski definition) is 7. The van der Waals surface area contributed by atoms with Crippen LogP contribution in [0.4, 0.5) is 0 Å². The highest BCUT2D eigenvalue weighted by Gasteiger charge is 2.26. The van der Waals surface area contributed by atoms with Gasteiger partial charge in [-0.1, -0.05) is 12.1 Å². The normalized spacial score (nSPS) is 16.7. The second-order valence-electron chi connectivity index (χ2n) is 7.46. The summed E-state index contributed by atoms with van der Waals surface area (Å²) in [6.07, 6.45) is 0.704. The number of nitrogens with one attached hydrogen (secondary N) is 1. The van der Waals surface area contributed by atoms with Gasteiger partial charge in [0.1, 0.15) is 0 Å². The molecule has 4 rings (SSSR count). The largest absolute Gasteiger partial charge is 0.454 e. The highest BCUT2D eigenvalue weighted by Crippen LogP contribution is 2.32. The minimum absolute atomic E-state index is 0.200. The maximum absolute atomic E-state index is 12.7. The molecule has 2 aromatic rings. The van der Waals surface area contributed by atoms with Gasteiger partial charge in [0.2, 0.25) is 22.7 Å². The van der Waals surface area contributed by atoms with Crippen LogP contribution in [0.2, 0.25) is 0 Å². The quantitative estimate of drug-likeness (QED) is 0.501. The maximum Gasteiger partial charge on any atom is 0.243 e. The molecule has 9 nitrogen and oxygen atoms in total. The first kappa shape index (κ1) is 22.3. The smallest absolute Gasteiger partial charge is 0.243 e. The molecule has 0 bridgehead atoms. The highest BCUT2D eigenvalue weighted by molar-refractivity contribution is 7.89. The van der Waals surface area contributed by atoms with Crippen LogP contribution >= 0.6 is 0 Å². The Bertz CT molecular complexity index is 1110. The molecule has 0 atom stereocenters. The van der Waals surface area contributed by atoms with Gasteiger partial charge in [0.15, 0.2) is 11.5 Å². The fourth-order valence-corrected chi connectivity index (χ4v) is 4.82. The van der Waals surface area contributed by atoms with Gasteiger partial charge >= 0.3 is 0 Å². The summed E-state index contributed by atoms with van der Waals surface area (Å²) in [5.41, 5.74) is 4.91. The SMILES string of the molecule is C/C(=N\NC(=O)CCc1ccc(S(=O)(=O)N2CCOCC2)cc1)c1ccc2c(c1)OCO2. The Morgan fingerprint density at radius 3 is 2.53 bits per heavy atom. The van der Waals surface area contributed by atoms with Crippen LogP contribution in [0, 0.1) is 0 Å². The molecule has 2 aliphatic rings. The molecule has 0 aliphatic carbocycles. The molecule has 0 radical (unpaired) electrons. The fraction of sp³-hybridized carbons (Fsp3) is 0.364. The third-order valence-corrected chi connectivity index (χ3v) is 7.22. The zero-order valence-corrected chi connectivity index (χ0v) is 18.6. The monoisotopic (exact) mass is 459 g/mol. The topological polar surface area (TPSA) is 107 Å². The van der Waals surface area contributed by atoms with Crippen molar-refractivity contribution >= 4 is 21.6 Å². The summed E-state index contributed by atoms with van der Waals surface area (Å²) in [4.78, 5) is 12.4. The summed E-state index contributed by atoms with van der Waals surface area (Å²) in [6.45, 7) is 3.52. The standard InChI is InChI=1S/C22H25N3O6S/c1-16(18-5-8-20-21(14-18)31-15-30-20)23-24-22(26)9-4-17-2-6-19(7-3-17)32(27,28)25-10-12-29-13-11-25/h2-3,5-8,14H,4,9-13,15H2,1H3,(H,24,26)/b23-16+. The van der Waals surface area contributed by atoms with E-state index in [1.54, 1.807) is 37.3 Å². The van der Waals surface area contributed by atoms with Gasteiger partial charge in [-0.3, -0.25) is 4.79 Å². The van der Waals surface area contributed by atoms with E-state index in [9.17, 15) is 13.2 Å². The number of fused-ring (bicyclic) bond motifs is 1. The van der Waals surface area contributed by atoms with E-state index in [-0.39, 0.29) is 24.0 Å². The van der Waals surface area contributed by atoms with Crippen LogP contribution in [0.15, 0.2) is 52.5 Å². The van der Waals surface area contributed by atoms with Gasteiger partial charge in [-0.25, -0.2) is 13.8 Å². The number of morpholine rings is 1. The number of sulfonamides is 1. The third kappa shape index (κ3) is 5.09. The van der Waals surface area contributed by atoms with E-state index >= 15 is 0 Å². The number of carbonyl (C=O) groups excluding carboxylic acids is 1. The number of aryl methyl sites for hydroxylation is 1. The molecule has 32 heavy (non-hydrogen) atoms. The summed E-state index contributed by atoms with van der Waals surface area (Å²) in [5, 5.41) is 4.16. The van der Waals surface area contributed by atoms with E-state index in [0.717, 1.165) is 11.1 Å². The summed E-state index contributed by atoms with van der Waals surface area (Å²) in [6, 6.07) is 12.1. The number of ether oxygens (including phenoxy) is 3. The van der Waals surface area contributed by atoms with Crippen molar-refractivity contribution in [3.8, 4) is 11.5 Å². The molecule has 0 unspecified atom stereocenters. The predicted octanol–water partition coefficient (Wildman–Crippen LogP) is 1.91. The van der Waals surface area contributed by atoms with E-state index in [4.69, 9.17) is 14.2 Å². The van der Waals surface area contributed by atoms with Gasteiger partial charge in [-0.2, -0.15) is 9.41 Å². The molecule has 2 aromatic carbocycles. The molecule has 170 valence electrons. The lowest BCUT2D eigenvalue weighted by atomic mass is 10.1. The summed E-state index contributed by atoms with van der Waals surface area (Å²) >= 11 is 0. The van der Waals surface area contributed by atoms with E-state index in [1.165, 1.54) is 4.31 Å². The number of benzene rings is 2. The first-order chi connectivity index (χ1) is 15.4. The Kier molecular flexibility index (Phi) is 6.73. The number of amides is 1. The fourth-order valence-electron chi connectivity index (χ4n) is 3.41. The molecular formula is C22H25N3O6S. The Balaban J connectivity index is 1.29. The number of rotatable bonds is 7. The molecule has 2 heterocycles. The lowest BCUT2D eigenvalue weighted by Crippen LogP contribution is -2.40. The second kappa shape index (κ2) is 9.68. The lowest BCUT2D eigenvalue weighted by Gasteiger charge is -2.26. The molecule has 1 saturated heterocycles. The van der Waals surface area contributed by atoms with Crippen molar-refractivity contribution < 1.29 is 27.4 Å². The van der Waals surface area contributed by atoms with E-state index in [1.807, 2.05) is 12.1 Å². The number of carbonyl (C=O) groups is 1. The van der Waals surface area contributed by atoms with Crippen molar-refractivity contribution in [3.63, 3.8) is 0 Å². The third-order valence-electron chi connectivity index (χ3n) is 5.31. The first-order valence-electron chi connectivity index (χ1n) is 10.3. The average Bonchev–Trinajstić information content (AvgIpc) is 3.30. The Hall–Kier alpha value is -2.95. The van der Waals surface area contributed by atoms with Crippen molar-refractivity contribution in [1.82, 2.24) is 9.73 Å². The van der Waals surface area contributed by atoms with Crippen molar-refractivity contribution in [1.29, 1.82) is 0 Å². The van der Waals surface area contributed by atoms with Crippen molar-refractivity contribution in [2.45, 2.75) is 24.7 Å². The van der Waals surface area contributed by atoms with Crippen LogP contribution in [0.25, 0.3) is 0 Å². The maximum atomic E-state index is 12.7. The van der Waals surface area contributed by atoms with Gasteiger partial charge in [0.25, 0.3) is 0 Å². The highest BCUT2D eigenvalue weighted by atomic mass is 32.2. The van der Waals surface area contributed by atoms with Crippen LogP contribution in [0.1, 0.15) is 24.5 Å². The van der Waals surface area contributed by atoms with Crippen LogP contribution in [-0.2, 0) is 26.0 Å². The van der Waals surface area contributed by atoms with Crippen LogP contribution < -0.4 is 14.9 Å². The molecule has 0 spiro atoms. The number of nitrogens with zero attached hydrogens (tertiary/aromatic N) is 2. The van der Waals surface area contributed by atoms with Gasteiger partial charge in [0.05, 0.1) is 23.8 Å². The van der Waals surface area contributed by atoms with Crippen LogP contribution in [0.5, 0.6) is 11.5 Å². The van der Waals surface area contributed by atoms with Crippen molar-refractivity contribution in [3.05, 3.63) is 53.6 Å². The lowest BCUT2D eigenvalue weighted by molar-refractivity contribution is -0.121. The van der Waals surface area contributed by atoms with Crippen LogP contribution in [0.3, 0.4) is 0 Å². The van der Waals surface area contributed by atoms with E-state index in [0.29, 0.717) is 49.9 Å². The second-order valence-corrected chi connectivity index (χ2v) is 9.40. The first-order valence-corrected chi connectivity index (χ1v) is 11.8. The van der Waals surface area contributed by atoms with Gasteiger partial charge in [-0.05, 0) is 49.2 Å². The average molecular weight is 460 g/mol. The minimum atomic E-state index is -3.52. The van der Waals surface area contributed by atoms with Crippen molar-refractivity contribution in [2.24, 2.45) is 5.10 Å². The molecule has 1 N–H and O–H groups in total. The molecule has 0 saturated carbocycles. The zero-order chi connectivity index (χ0) is 22.6. The number of hydrogen-bond donors (Lipinski definition) is 1. The minimum Gasteiger partial charge on any atom is -0.454 e. The van der Waals surface area contributed by atoms with Gasteiger partial charge < -0.3 is 14.2 Å². The Morgan fingerprint density at radius 1 is 1.06 bits per heavy atom. The molecular weight excluding hydrogens is 434 g/mol. The number of hydrazone groups is 1. The van der Waals surface area contributed by atoms with E-state index < -0.39 is 10.0 Å². The molecule has 2 aliphatic heterocycles. The molecule has 0 aromatic heterocycles. The summed E-state index contributed by atoms with van der Waals surface area (Å²) < 4.78 is 42.6. The Labute approximate surface area is 187 Å². The summed E-state index contributed by atoms with van der Waals surface area (Å²) in [7, 11) is -3.52. The predicted molar refractivity (Wildman–Crippen MR) is 117 cm³/mol. The van der Waals surface area contributed by atoms with Crippen molar-refractivity contribution in [2.75, 3.05) is 33.1 Å². The zero-order valence-electron chi connectivity index (χ0n) is 17.7. The van der Waals surface area contributed by atoms with Gasteiger partial charge in [-0.15, -0.1) is 0 Å². The van der Waals surface area contributed by atoms with E-state index in [2.05, 4.69) is 10.5 Å². The van der Waals surface area contributed by atoms with Crippen LogP contribution in [-0.4, -0.2) is 57.4 Å². The molecule has 1 fully saturated rings. The Morgan fingerprint density at radius 2 is 1.78 bits per heavy atom.